The second-order valence-electron chi connectivity index (χ2n) is 7.64. The SMILES string of the molecule is CC(C)c1nn(CC(=O)Nc2cnc3ccnn3c2)c(=O)c2cc(C3CC3)nn12. The molecule has 0 atom stereocenters. The normalized spacial score (nSPS) is 14.2. The van der Waals surface area contributed by atoms with E-state index < -0.39 is 0 Å². The largest absolute Gasteiger partial charge is 0.322 e. The van der Waals surface area contributed by atoms with Gasteiger partial charge >= 0.3 is 0 Å². The molecule has 0 aromatic carbocycles. The van der Waals surface area contributed by atoms with E-state index in [2.05, 4.69) is 25.6 Å². The zero-order valence-corrected chi connectivity index (χ0v) is 16.1. The van der Waals surface area contributed by atoms with Gasteiger partial charge in [-0.25, -0.2) is 18.7 Å². The standard InChI is InChI=1S/C19H20N8O2/c1-11(2)18-24-26(19(29)15-7-14(12-3-4-12)23-27(15)18)10-17(28)22-13-8-20-16-5-6-21-25(16)9-13/h5-9,11-12H,3-4,10H2,1-2H3,(H,22,28). The average molecular weight is 392 g/mol. The summed E-state index contributed by atoms with van der Waals surface area (Å²) in [7, 11) is 0. The molecule has 10 nitrogen and oxygen atoms in total. The summed E-state index contributed by atoms with van der Waals surface area (Å²) in [6.45, 7) is 3.77. The first-order valence-corrected chi connectivity index (χ1v) is 9.59. The van der Waals surface area contributed by atoms with E-state index in [1.54, 1.807) is 33.7 Å². The number of carbonyl (C=O) groups excluding carboxylic acids is 1. The Morgan fingerprint density at radius 1 is 1.31 bits per heavy atom. The topological polar surface area (TPSA) is 111 Å². The summed E-state index contributed by atoms with van der Waals surface area (Å²) in [6, 6.07) is 3.59. The van der Waals surface area contributed by atoms with E-state index in [9.17, 15) is 9.59 Å². The average Bonchev–Trinajstić information content (AvgIpc) is 3.26. The molecule has 1 saturated carbocycles. The summed E-state index contributed by atoms with van der Waals surface area (Å²) in [5.74, 6) is 0.759. The van der Waals surface area contributed by atoms with Gasteiger partial charge in [-0.15, -0.1) is 0 Å². The molecule has 10 heteroatoms. The van der Waals surface area contributed by atoms with Crippen LogP contribution >= 0.6 is 0 Å². The predicted octanol–water partition coefficient (Wildman–Crippen LogP) is 1.57. The number of fused-ring (bicyclic) bond motifs is 2. The molecule has 4 aromatic heterocycles. The Bertz CT molecular complexity index is 1290. The lowest BCUT2D eigenvalue weighted by Gasteiger charge is -2.11. The molecule has 1 amide bonds. The summed E-state index contributed by atoms with van der Waals surface area (Å²) in [5, 5.41) is 15.9. The Labute approximate surface area is 165 Å². The summed E-state index contributed by atoms with van der Waals surface area (Å²) in [6.07, 6.45) is 7.03. The Balaban J connectivity index is 1.46. The quantitative estimate of drug-likeness (QED) is 0.552. The van der Waals surface area contributed by atoms with Crippen LogP contribution in [0.4, 0.5) is 5.69 Å². The third kappa shape index (κ3) is 3.16. The summed E-state index contributed by atoms with van der Waals surface area (Å²) < 4.78 is 4.40. The van der Waals surface area contributed by atoms with Crippen molar-refractivity contribution in [1.82, 2.24) is 34.0 Å². The van der Waals surface area contributed by atoms with Crippen LogP contribution in [0.15, 0.2) is 35.5 Å². The van der Waals surface area contributed by atoms with Crippen molar-refractivity contribution in [2.24, 2.45) is 0 Å². The maximum atomic E-state index is 12.9. The fourth-order valence-corrected chi connectivity index (χ4v) is 3.33. The van der Waals surface area contributed by atoms with Crippen molar-refractivity contribution in [1.29, 1.82) is 0 Å². The van der Waals surface area contributed by atoms with Crippen LogP contribution in [0.1, 0.15) is 50.0 Å². The van der Waals surface area contributed by atoms with Crippen molar-refractivity contribution >= 4 is 22.8 Å². The summed E-state index contributed by atoms with van der Waals surface area (Å²) in [4.78, 5) is 29.7. The molecule has 1 aliphatic rings. The Kier molecular flexibility index (Phi) is 3.93. The molecular weight excluding hydrogens is 372 g/mol. The molecule has 29 heavy (non-hydrogen) atoms. The second-order valence-corrected chi connectivity index (χ2v) is 7.64. The summed E-state index contributed by atoms with van der Waals surface area (Å²) in [5.41, 5.74) is 2.22. The highest BCUT2D eigenvalue weighted by atomic mass is 16.2. The predicted molar refractivity (Wildman–Crippen MR) is 105 cm³/mol. The first-order valence-electron chi connectivity index (χ1n) is 9.59. The van der Waals surface area contributed by atoms with Gasteiger partial charge in [-0.3, -0.25) is 9.59 Å². The molecule has 0 unspecified atom stereocenters. The van der Waals surface area contributed by atoms with Gasteiger partial charge in [0.2, 0.25) is 5.91 Å². The number of rotatable bonds is 5. The van der Waals surface area contributed by atoms with Gasteiger partial charge < -0.3 is 5.32 Å². The number of carbonyl (C=O) groups is 1. The maximum Gasteiger partial charge on any atom is 0.293 e. The smallest absolute Gasteiger partial charge is 0.293 e. The lowest BCUT2D eigenvalue weighted by molar-refractivity contribution is -0.117. The van der Waals surface area contributed by atoms with Crippen LogP contribution in [0.25, 0.3) is 11.2 Å². The number of anilines is 1. The number of aromatic nitrogens is 7. The van der Waals surface area contributed by atoms with Crippen LogP contribution in [0.5, 0.6) is 0 Å². The minimum atomic E-state index is -0.367. The van der Waals surface area contributed by atoms with Gasteiger partial charge in [-0.1, -0.05) is 13.8 Å². The summed E-state index contributed by atoms with van der Waals surface area (Å²) >= 11 is 0. The zero-order chi connectivity index (χ0) is 20.1. The van der Waals surface area contributed by atoms with Crippen LogP contribution in [0.2, 0.25) is 0 Å². The van der Waals surface area contributed by atoms with Gasteiger partial charge in [-0.2, -0.15) is 15.3 Å². The first-order chi connectivity index (χ1) is 14.0. The lowest BCUT2D eigenvalue weighted by Crippen LogP contribution is -2.32. The molecule has 0 aliphatic heterocycles. The van der Waals surface area contributed by atoms with Crippen molar-refractivity contribution in [3.05, 3.63) is 52.6 Å². The minimum Gasteiger partial charge on any atom is -0.322 e. The molecule has 0 spiro atoms. The van der Waals surface area contributed by atoms with Crippen LogP contribution < -0.4 is 10.9 Å². The molecule has 0 saturated heterocycles. The molecular formula is C19H20N8O2. The third-order valence-corrected chi connectivity index (χ3v) is 4.96. The van der Waals surface area contributed by atoms with Crippen molar-refractivity contribution in [2.75, 3.05) is 5.32 Å². The number of amides is 1. The minimum absolute atomic E-state index is 0.0470. The highest BCUT2D eigenvalue weighted by molar-refractivity contribution is 5.90. The molecule has 1 aliphatic carbocycles. The second kappa shape index (κ2) is 6.50. The van der Waals surface area contributed by atoms with Crippen LogP contribution in [-0.4, -0.2) is 39.9 Å². The van der Waals surface area contributed by atoms with Gasteiger partial charge in [0, 0.05) is 17.9 Å². The Morgan fingerprint density at radius 2 is 2.14 bits per heavy atom. The van der Waals surface area contributed by atoms with E-state index in [0.717, 1.165) is 18.5 Å². The van der Waals surface area contributed by atoms with Crippen molar-refractivity contribution in [2.45, 2.75) is 45.1 Å². The van der Waals surface area contributed by atoms with E-state index >= 15 is 0 Å². The van der Waals surface area contributed by atoms with E-state index in [1.165, 1.54) is 4.68 Å². The molecule has 4 aromatic rings. The molecule has 0 radical (unpaired) electrons. The van der Waals surface area contributed by atoms with Crippen molar-refractivity contribution < 1.29 is 4.79 Å². The fourth-order valence-electron chi connectivity index (χ4n) is 3.33. The third-order valence-electron chi connectivity index (χ3n) is 4.96. The van der Waals surface area contributed by atoms with Crippen LogP contribution in [0, 0.1) is 0 Å². The van der Waals surface area contributed by atoms with Crippen LogP contribution in [-0.2, 0) is 11.3 Å². The maximum absolute atomic E-state index is 12.9. The molecule has 1 N–H and O–H groups in total. The van der Waals surface area contributed by atoms with Gasteiger partial charge in [-0.05, 0) is 18.9 Å². The van der Waals surface area contributed by atoms with E-state index in [0.29, 0.717) is 28.6 Å². The van der Waals surface area contributed by atoms with Crippen molar-refractivity contribution in [3.63, 3.8) is 0 Å². The Morgan fingerprint density at radius 3 is 2.90 bits per heavy atom. The first kappa shape index (κ1) is 17.5. The fraction of sp³-hybridized carbons (Fsp3) is 0.368. The highest BCUT2D eigenvalue weighted by Crippen LogP contribution is 2.39. The van der Waals surface area contributed by atoms with Crippen molar-refractivity contribution in [3.8, 4) is 0 Å². The van der Waals surface area contributed by atoms with Gasteiger partial charge in [0.05, 0.1) is 30.0 Å². The molecule has 148 valence electrons. The molecule has 5 rings (SSSR count). The molecule has 4 heterocycles. The number of nitrogens with one attached hydrogen (secondary N) is 1. The van der Waals surface area contributed by atoms with Crippen LogP contribution in [0.3, 0.4) is 0 Å². The van der Waals surface area contributed by atoms with E-state index in [4.69, 9.17) is 0 Å². The molecule has 0 bridgehead atoms. The molecule has 1 fully saturated rings. The number of nitrogens with zero attached hydrogens (tertiary/aromatic N) is 7. The van der Waals surface area contributed by atoms with Gasteiger partial charge in [0.25, 0.3) is 5.56 Å². The Hall–Kier alpha value is -3.56. The monoisotopic (exact) mass is 392 g/mol. The lowest BCUT2D eigenvalue weighted by atomic mass is 10.2. The van der Waals surface area contributed by atoms with E-state index in [-0.39, 0.29) is 23.9 Å². The van der Waals surface area contributed by atoms with Gasteiger partial charge in [0.1, 0.15) is 12.1 Å². The van der Waals surface area contributed by atoms with Gasteiger partial charge in [0.15, 0.2) is 11.5 Å². The highest BCUT2D eigenvalue weighted by Gasteiger charge is 2.28. The number of hydrogen-bond acceptors (Lipinski definition) is 6. The van der Waals surface area contributed by atoms with E-state index in [1.807, 2.05) is 19.9 Å². The number of hydrogen-bond donors (Lipinski definition) is 1. The zero-order valence-electron chi connectivity index (χ0n) is 16.1.